The zero-order chi connectivity index (χ0) is 16.1. The first-order valence-corrected chi connectivity index (χ1v) is 7.32. The molecular weight excluding hydrogens is 306 g/mol. The van der Waals surface area contributed by atoms with Crippen LogP contribution in [-0.2, 0) is 0 Å². The Labute approximate surface area is 133 Å². The lowest BCUT2D eigenvalue weighted by Crippen LogP contribution is -2.28. The van der Waals surface area contributed by atoms with Gasteiger partial charge in [-0.05, 0) is 22.9 Å². The standard InChI is InChI=1S/C14H18ClN5O2/c1-4-5-6-19(2)14(21)10-7-11(15)12(8-13(10)22-3)20-9-16-17-18-20/h7-9H,4-6H2,1-3H3. The number of unbranched alkanes of at least 4 members (excludes halogenated alkanes) is 1. The third-order valence-corrected chi connectivity index (χ3v) is 3.59. The highest BCUT2D eigenvalue weighted by Gasteiger charge is 2.20. The van der Waals surface area contributed by atoms with Crippen LogP contribution in [0.4, 0.5) is 0 Å². The average Bonchev–Trinajstić information content (AvgIpc) is 3.05. The molecule has 1 amide bonds. The fourth-order valence-corrected chi connectivity index (χ4v) is 2.28. The highest BCUT2D eigenvalue weighted by molar-refractivity contribution is 6.33. The molecule has 1 heterocycles. The number of tetrazole rings is 1. The zero-order valence-corrected chi connectivity index (χ0v) is 13.5. The average molecular weight is 324 g/mol. The molecule has 118 valence electrons. The first-order valence-electron chi connectivity index (χ1n) is 6.94. The predicted octanol–water partition coefficient (Wildman–Crippen LogP) is 2.20. The summed E-state index contributed by atoms with van der Waals surface area (Å²) >= 11 is 6.26. The summed E-state index contributed by atoms with van der Waals surface area (Å²) in [6.45, 7) is 2.77. The minimum Gasteiger partial charge on any atom is -0.496 e. The van der Waals surface area contributed by atoms with Crippen LogP contribution in [0.25, 0.3) is 5.69 Å². The number of methoxy groups -OCH3 is 1. The molecule has 0 N–H and O–H groups in total. The van der Waals surface area contributed by atoms with Crippen LogP contribution in [0.2, 0.25) is 5.02 Å². The maximum atomic E-state index is 12.5. The van der Waals surface area contributed by atoms with Crippen LogP contribution in [0.1, 0.15) is 30.1 Å². The van der Waals surface area contributed by atoms with Gasteiger partial charge in [0.1, 0.15) is 12.1 Å². The molecule has 0 atom stereocenters. The van der Waals surface area contributed by atoms with E-state index in [1.165, 1.54) is 18.1 Å². The second-order valence-corrected chi connectivity index (χ2v) is 5.25. The Balaban J connectivity index is 2.36. The van der Waals surface area contributed by atoms with Gasteiger partial charge in [-0.3, -0.25) is 4.79 Å². The Hall–Kier alpha value is -2.15. The van der Waals surface area contributed by atoms with Gasteiger partial charge < -0.3 is 9.64 Å². The van der Waals surface area contributed by atoms with Crippen LogP contribution in [0.15, 0.2) is 18.5 Å². The Morgan fingerprint density at radius 1 is 1.45 bits per heavy atom. The van der Waals surface area contributed by atoms with Gasteiger partial charge in [-0.2, -0.15) is 4.68 Å². The van der Waals surface area contributed by atoms with Crippen LogP contribution in [0.5, 0.6) is 5.75 Å². The predicted molar refractivity (Wildman–Crippen MR) is 82.6 cm³/mol. The van der Waals surface area contributed by atoms with E-state index < -0.39 is 0 Å². The van der Waals surface area contributed by atoms with Gasteiger partial charge in [0.05, 0.1) is 23.4 Å². The van der Waals surface area contributed by atoms with Gasteiger partial charge in [-0.1, -0.05) is 24.9 Å². The molecule has 0 aliphatic rings. The SMILES string of the molecule is CCCCN(C)C(=O)c1cc(Cl)c(-n2cnnn2)cc1OC. The lowest BCUT2D eigenvalue weighted by atomic mass is 10.1. The van der Waals surface area contributed by atoms with Crippen molar-refractivity contribution < 1.29 is 9.53 Å². The minimum atomic E-state index is -0.129. The quantitative estimate of drug-likeness (QED) is 0.814. The van der Waals surface area contributed by atoms with Gasteiger partial charge in [-0.15, -0.1) is 5.10 Å². The number of hydrogen-bond acceptors (Lipinski definition) is 5. The van der Waals surface area contributed by atoms with E-state index in [2.05, 4.69) is 22.4 Å². The molecule has 22 heavy (non-hydrogen) atoms. The highest BCUT2D eigenvalue weighted by Crippen LogP contribution is 2.30. The summed E-state index contributed by atoms with van der Waals surface area (Å²) in [5, 5.41) is 11.3. The number of nitrogens with zero attached hydrogens (tertiary/aromatic N) is 5. The zero-order valence-electron chi connectivity index (χ0n) is 12.8. The summed E-state index contributed by atoms with van der Waals surface area (Å²) in [7, 11) is 3.27. The van der Waals surface area contributed by atoms with Gasteiger partial charge in [0, 0.05) is 19.7 Å². The van der Waals surface area contributed by atoms with Crippen molar-refractivity contribution in [1.82, 2.24) is 25.1 Å². The largest absolute Gasteiger partial charge is 0.496 e. The fraction of sp³-hybridized carbons (Fsp3) is 0.429. The van der Waals surface area contributed by atoms with Crippen molar-refractivity contribution in [3.63, 3.8) is 0 Å². The van der Waals surface area contributed by atoms with E-state index in [0.29, 0.717) is 28.6 Å². The summed E-state index contributed by atoms with van der Waals surface area (Å²) in [6, 6.07) is 3.24. The van der Waals surface area contributed by atoms with Crippen LogP contribution >= 0.6 is 11.6 Å². The number of carbonyl (C=O) groups excluding carboxylic acids is 1. The minimum absolute atomic E-state index is 0.129. The molecule has 0 aliphatic carbocycles. The van der Waals surface area contributed by atoms with Crippen molar-refractivity contribution >= 4 is 17.5 Å². The second kappa shape index (κ2) is 7.22. The molecule has 0 saturated carbocycles. The fourth-order valence-electron chi connectivity index (χ4n) is 2.03. The van der Waals surface area contributed by atoms with E-state index in [9.17, 15) is 4.79 Å². The van der Waals surface area contributed by atoms with E-state index in [4.69, 9.17) is 16.3 Å². The molecule has 0 fully saturated rings. The Morgan fingerprint density at radius 2 is 2.23 bits per heavy atom. The number of carbonyl (C=O) groups is 1. The number of hydrogen-bond donors (Lipinski definition) is 0. The summed E-state index contributed by atoms with van der Waals surface area (Å²) < 4.78 is 6.74. The molecule has 8 heteroatoms. The number of amides is 1. The van der Waals surface area contributed by atoms with Crippen molar-refractivity contribution in [2.75, 3.05) is 20.7 Å². The summed E-state index contributed by atoms with van der Waals surface area (Å²) in [5.74, 6) is 0.304. The molecule has 0 bridgehead atoms. The maximum absolute atomic E-state index is 12.5. The normalized spacial score (nSPS) is 10.5. The van der Waals surface area contributed by atoms with Gasteiger partial charge in [0.25, 0.3) is 5.91 Å². The van der Waals surface area contributed by atoms with Crippen molar-refractivity contribution in [3.8, 4) is 11.4 Å². The van der Waals surface area contributed by atoms with Crippen molar-refractivity contribution in [3.05, 3.63) is 29.0 Å². The molecule has 1 aromatic heterocycles. The number of benzene rings is 1. The highest BCUT2D eigenvalue weighted by atomic mass is 35.5. The van der Waals surface area contributed by atoms with Crippen molar-refractivity contribution in [2.45, 2.75) is 19.8 Å². The third kappa shape index (κ3) is 3.36. The second-order valence-electron chi connectivity index (χ2n) is 4.84. The molecular formula is C14H18ClN5O2. The van der Waals surface area contributed by atoms with Crippen LogP contribution in [-0.4, -0.2) is 51.7 Å². The van der Waals surface area contributed by atoms with E-state index in [1.54, 1.807) is 24.1 Å². The molecule has 0 radical (unpaired) electrons. The first kappa shape index (κ1) is 16.2. The molecule has 0 aliphatic heterocycles. The summed E-state index contributed by atoms with van der Waals surface area (Å²) in [5.41, 5.74) is 0.971. The van der Waals surface area contributed by atoms with Crippen LogP contribution in [0, 0.1) is 0 Å². The molecule has 0 saturated heterocycles. The molecule has 2 aromatic rings. The van der Waals surface area contributed by atoms with Gasteiger partial charge in [-0.25, -0.2) is 0 Å². The lowest BCUT2D eigenvalue weighted by Gasteiger charge is -2.19. The van der Waals surface area contributed by atoms with E-state index >= 15 is 0 Å². The molecule has 0 unspecified atom stereocenters. The number of ether oxygens (including phenoxy) is 1. The van der Waals surface area contributed by atoms with E-state index in [1.807, 2.05) is 0 Å². The summed E-state index contributed by atoms with van der Waals surface area (Å²) in [4.78, 5) is 14.2. The molecule has 2 rings (SSSR count). The van der Waals surface area contributed by atoms with Gasteiger partial charge in [0.2, 0.25) is 0 Å². The van der Waals surface area contributed by atoms with Crippen molar-refractivity contribution in [1.29, 1.82) is 0 Å². The van der Waals surface area contributed by atoms with Gasteiger partial charge in [0.15, 0.2) is 0 Å². The monoisotopic (exact) mass is 323 g/mol. The topological polar surface area (TPSA) is 73.1 Å². The van der Waals surface area contributed by atoms with Gasteiger partial charge >= 0.3 is 0 Å². The molecule has 1 aromatic carbocycles. The lowest BCUT2D eigenvalue weighted by molar-refractivity contribution is 0.0790. The number of aromatic nitrogens is 4. The smallest absolute Gasteiger partial charge is 0.257 e. The van der Waals surface area contributed by atoms with E-state index in [0.717, 1.165) is 12.8 Å². The van der Waals surface area contributed by atoms with Crippen LogP contribution < -0.4 is 4.74 Å². The number of halogens is 1. The van der Waals surface area contributed by atoms with Crippen LogP contribution in [0.3, 0.4) is 0 Å². The third-order valence-electron chi connectivity index (χ3n) is 3.29. The maximum Gasteiger partial charge on any atom is 0.257 e. The summed E-state index contributed by atoms with van der Waals surface area (Å²) in [6.07, 6.45) is 3.39. The number of rotatable bonds is 6. The Bertz CT molecular complexity index is 645. The first-order chi connectivity index (χ1) is 10.6. The molecule has 0 spiro atoms. The Kier molecular flexibility index (Phi) is 5.32. The van der Waals surface area contributed by atoms with E-state index in [-0.39, 0.29) is 5.91 Å². The Morgan fingerprint density at radius 3 is 2.82 bits per heavy atom. The molecule has 7 nitrogen and oxygen atoms in total. The van der Waals surface area contributed by atoms with Crippen molar-refractivity contribution in [2.24, 2.45) is 0 Å².